The molecule has 1 N–H and O–H groups in total. The number of halogens is 2. The number of nitrogens with zero attached hydrogens (tertiary/aromatic N) is 3. The quantitative estimate of drug-likeness (QED) is 0.461. The summed E-state index contributed by atoms with van der Waals surface area (Å²) in [6.07, 6.45) is 1.69. The van der Waals surface area contributed by atoms with Gasteiger partial charge in [0, 0.05) is 16.2 Å². The van der Waals surface area contributed by atoms with E-state index >= 15 is 0 Å². The Morgan fingerprint density at radius 3 is 2.00 bits per heavy atom. The normalized spacial score (nSPS) is 21.9. The number of rotatable bonds is 7. The van der Waals surface area contributed by atoms with Gasteiger partial charge in [-0.2, -0.15) is 4.98 Å². The molecule has 0 saturated carbocycles. The fourth-order valence-electron chi connectivity index (χ4n) is 4.07. The third-order valence-electron chi connectivity index (χ3n) is 6.05. The molecule has 0 fully saturated rings. The molecule has 2 atom stereocenters. The third-order valence-corrected chi connectivity index (χ3v) is 6.55. The van der Waals surface area contributed by atoms with Gasteiger partial charge in [-0.15, -0.1) is 0 Å². The Morgan fingerprint density at radius 1 is 0.848 bits per heavy atom. The van der Waals surface area contributed by atoms with Crippen LogP contribution in [0.2, 0.25) is 10.0 Å². The van der Waals surface area contributed by atoms with E-state index in [0.717, 1.165) is 11.1 Å². The van der Waals surface area contributed by atoms with E-state index in [9.17, 15) is 0 Å². The number of benzene rings is 2. The number of hydrogen-bond donors (Lipinski definition) is 1. The Kier molecular flexibility index (Phi) is 6.50. The maximum absolute atomic E-state index is 6.18. The van der Waals surface area contributed by atoms with E-state index in [1.807, 2.05) is 62.4 Å². The van der Waals surface area contributed by atoms with E-state index in [1.54, 1.807) is 6.20 Å². The van der Waals surface area contributed by atoms with Crippen molar-refractivity contribution in [3.63, 3.8) is 0 Å². The van der Waals surface area contributed by atoms with E-state index in [-0.39, 0.29) is 6.01 Å². The van der Waals surface area contributed by atoms with Gasteiger partial charge in [0.2, 0.25) is 5.88 Å². The van der Waals surface area contributed by atoms with Crippen molar-refractivity contribution < 1.29 is 9.47 Å². The lowest BCUT2D eigenvalue weighted by Gasteiger charge is -2.40. The maximum Gasteiger partial charge on any atom is 0.319 e. The van der Waals surface area contributed by atoms with Crippen LogP contribution in [-0.4, -0.2) is 29.0 Å². The van der Waals surface area contributed by atoms with E-state index in [1.165, 1.54) is 0 Å². The molecule has 0 aliphatic carbocycles. The Hall–Kier alpha value is -2.83. The molecule has 0 bridgehead atoms. The fraction of sp³-hybridized carbons (Fsp3) is 0.320. The number of aliphatic imine (C=N–C) groups is 1. The molecule has 0 amide bonds. The molecule has 3 aromatic rings. The van der Waals surface area contributed by atoms with Crippen LogP contribution in [-0.2, 0) is 11.1 Å². The summed E-state index contributed by atoms with van der Waals surface area (Å²) in [5.41, 5.74) is 1.42. The van der Waals surface area contributed by atoms with Gasteiger partial charge in [-0.05, 0) is 63.1 Å². The van der Waals surface area contributed by atoms with Gasteiger partial charge in [-0.1, -0.05) is 47.5 Å². The first-order valence-electron chi connectivity index (χ1n) is 10.8. The second-order valence-electron chi connectivity index (χ2n) is 8.03. The van der Waals surface area contributed by atoms with Crippen molar-refractivity contribution in [1.82, 2.24) is 15.3 Å². The first-order chi connectivity index (χ1) is 15.8. The summed E-state index contributed by atoms with van der Waals surface area (Å²) in [7, 11) is 0. The van der Waals surface area contributed by atoms with Crippen molar-refractivity contribution >= 4 is 29.0 Å². The average molecular weight is 485 g/mol. The Balaban J connectivity index is 1.87. The van der Waals surface area contributed by atoms with Gasteiger partial charge >= 0.3 is 6.01 Å². The zero-order valence-electron chi connectivity index (χ0n) is 19.0. The van der Waals surface area contributed by atoms with E-state index in [4.69, 9.17) is 37.7 Å². The Bertz CT molecular complexity index is 1170. The van der Waals surface area contributed by atoms with Crippen LogP contribution in [0.5, 0.6) is 11.9 Å². The highest BCUT2D eigenvalue weighted by atomic mass is 35.5. The smallest absolute Gasteiger partial charge is 0.319 e. The lowest BCUT2D eigenvalue weighted by atomic mass is 9.72. The summed E-state index contributed by atoms with van der Waals surface area (Å²) < 4.78 is 11.3. The van der Waals surface area contributed by atoms with Crippen LogP contribution in [0.1, 0.15) is 44.4 Å². The summed E-state index contributed by atoms with van der Waals surface area (Å²) >= 11 is 12.4. The van der Waals surface area contributed by atoms with Crippen LogP contribution in [0, 0.1) is 0 Å². The molecule has 0 radical (unpaired) electrons. The number of amidine groups is 1. The number of ether oxygens (including phenoxy) is 2. The van der Waals surface area contributed by atoms with Crippen LogP contribution >= 0.6 is 23.2 Å². The van der Waals surface area contributed by atoms with Gasteiger partial charge < -0.3 is 14.8 Å². The summed E-state index contributed by atoms with van der Waals surface area (Å²) in [6, 6.07) is 15.8. The largest absolute Gasteiger partial charge is 0.477 e. The maximum atomic E-state index is 6.18. The molecule has 2 heterocycles. The number of nitrogens with one attached hydrogen (secondary N) is 1. The van der Waals surface area contributed by atoms with Gasteiger partial charge in [0.05, 0.1) is 24.3 Å². The SMILES string of the molecule is CCOc1ncc(C2=N[C@@](C)(c3ccc(Cl)cc3)[C@](C)(c3ccc(Cl)cc3)N2)c(OCC)n1. The molecule has 2 aromatic carbocycles. The third kappa shape index (κ3) is 4.25. The van der Waals surface area contributed by atoms with Gasteiger partial charge in [0.25, 0.3) is 0 Å². The molecule has 0 saturated heterocycles. The van der Waals surface area contributed by atoms with E-state index in [0.29, 0.717) is 40.5 Å². The first kappa shape index (κ1) is 23.3. The highest BCUT2D eigenvalue weighted by Gasteiger charge is 2.52. The van der Waals surface area contributed by atoms with Crippen LogP contribution in [0.3, 0.4) is 0 Å². The zero-order chi connectivity index (χ0) is 23.6. The van der Waals surface area contributed by atoms with Gasteiger partial charge in [0.15, 0.2) is 0 Å². The van der Waals surface area contributed by atoms with Gasteiger partial charge in [0.1, 0.15) is 11.4 Å². The monoisotopic (exact) mass is 484 g/mol. The minimum atomic E-state index is -0.678. The summed E-state index contributed by atoms with van der Waals surface area (Å²) in [5.74, 6) is 1.05. The topological polar surface area (TPSA) is 68.6 Å². The molecular weight excluding hydrogens is 459 g/mol. The predicted octanol–water partition coefficient (Wildman–Crippen LogP) is 5.76. The molecule has 1 aliphatic heterocycles. The number of aromatic nitrogens is 2. The molecule has 172 valence electrons. The average Bonchev–Trinajstić information content (AvgIpc) is 3.07. The molecule has 33 heavy (non-hydrogen) atoms. The predicted molar refractivity (Wildman–Crippen MR) is 132 cm³/mol. The molecule has 0 spiro atoms. The summed E-state index contributed by atoms with van der Waals surface area (Å²) in [6.45, 7) is 8.93. The minimum Gasteiger partial charge on any atom is -0.477 e. The molecule has 0 unspecified atom stereocenters. The van der Waals surface area contributed by atoms with Crippen LogP contribution < -0.4 is 14.8 Å². The Labute approximate surface area is 204 Å². The molecule has 4 rings (SSSR count). The van der Waals surface area contributed by atoms with Crippen LogP contribution in [0.15, 0.2) is 59.7 Å². The molecule has 8 heteroatoms. The first-order valence-corrected chi connectivity index (χ1v) is 11.6. The van der Waals surface area contributed by atoms with Crippen LogP contribution in [0.25, 0.3) is 0 Å². The van der Waals surface area contributed by atoms with Crippen molar-refractivity contribution in [2.24, 2.45) is 4.99 Å². The number of hydrogen-bond acceptors (Lipinski definition) is 6. The highest BCUT2D eigenvalue weighted by Crippen LogP contribution is 2.48. The van der Waals surface area contributed by atoms with Crippen molar-refractivity contribution in [2.45, 2.75) is 38.8 Å². The molecular formula is C25H26Cl2N4O2. The minimum absolute atomic E-state index is 0.268. The van der Waals surface area contributed by atoms with E-state index < -0.39 is 11.1 Å². The second-order valence-corrected chi connectivity index (χ2v) is 8.91. The molecule has 1 aromatic heterocycles. The van der Waals surface area contributed by atoms with Crippen LogP contribution in [0.4, 0.5) is 0 Å². The van der Waals surface area contributed by atoms with E-state index in [2.05, 4.69) is 29.1 Å². The lowest BCUT2D eigenvalue weighted by Crippen LogP contribution is -2.50. The fourth-order valence-corrected chi connectivity index (χ4v) is 4.32. The summed E-state index contributed by atoms with van der Waals surface area (Å²) in [5, 5.41) is 4.99. The highest BCUT2D eigenvalue weighted by molar-refractivity contribution is 6.30. The lowest BCUT2D eigenvalue weighted by molar-refractivity contribution is 0.268. The summed E-state index contributed by atoms with van der Waals surface area (Å²) in [4.78, 5) is 14.0. The zero-order valence-corrected chi connectivity index (χ0v) is 20.5. The van der Waals surface area contributed by atoms with Crippen molar-refractivity contribution in [1.29, 1.82) is 0 Å². The standard InChI is InChI=1S/C25H26Cl2N4O2/c1-5-32-22-20(15-28-23(29-22)33-6-2)21-30-24(3,16-7-11-18(26)12-8-16)25(4,31-21)17-9-13-19(27)14-10-17/h7-15H,5-6H2,1-4H3,(H,30,31)/t24-,25-/m0/s1. The molecule has 1 aliphatic rings. The molecule has 6 nitrogen and oxygen atoms in total. The van der Waals surface area contributed by atoms with Crippen molar-refractivity contribution in [2.75, 3.05) is 13.2 Å². The van der Waals surface area contributed by atoms with Gasteiger partial charge in [-0.25, -0.2) is 4.98 Å². The Morgan fingerprint density at radius 2 is 1.42 bits per heavy atom. The second kappa shape index (κ2) is 9.20. The van der Waals surface area contributed by atoms with Crippen molar-refractivity contribution in [3.8, 4) is 11.9 Å². The van der Waals surface area contributed by atoms with Gasteiger partial charge in [-0.3, -0.25) is 4.99 Å². The van der Waals surface area contributed by atoms with Crippen molar-refractivity contribution in [3.05, 3.63) is 81.5 Å².